The van der Waals surface area contributed by atoms with Gasteiger partial charge < -0.3 is 29.2 Å². The van der Waals surface area contributed by atoms with Crippen LogP contribution >= 0.6 is 23.2 Å². The molecule has 1 saturated carbocycles. The molecule has 0 saturated heterocycles. The molecule has 0 aromatic heterocycles. The zero-order chi connectivity index (χ0) is 35.0. The summed E-state index contributed by atoms with van der Waals surface area (Å²) in [6.45, 7) is 0.819. The van der Waals surface area contributed by atoms with Gasteiger partial charge in [-0.25, -0.2) is 8.42 Å². The van der Waals surface area contributed by atoms with Gasteiger partial charge in [0.1, 0.15) is 24.1 Å². The van der Waals surface area contributed by atoms with Crippen molar-refractivity contribution >= 4 is 50.7 Å². The minimum atomic E-state index is -4.48. The van der Waals surface area contributed by atoms with Crippen LogP contribution in [0.2, 0.25) is 10.0 Å². The van der Waals surface area contributed by atoms with Crippen molar-refractivity contribution in [2.45, 2.75) is 62.6 Å². The van der Waals surface area contributed by atoms with Gasteiger partial charge in [0.05, 0.1) is 39.0 Å². The predicted octanol–water partition coefficient (Wildman–Crippen LogP) is 6.09. The monoisotopic (exact) mass is 721 g/mol. The van der Waals surface area contributed by atoms with Crippen molar-refractivity contribution in [3.8, 4) is 23.0 Å². The van der Waals surface area contributed by atoms with Gasteiger partial charge in [-0.3, -0.25) is 13.9 Å². The molecule has 4 rings (SSSR count). The predicted molar refractivity (Wildman–Crippen MR) is 185 cm³/mol. The molecule has 1 N–H and O–H groups in total. The van der Waals surface area contributed by atoms with E-state index in [1.54, 1.807) is 37.3 Å². The number of benzene rings is 3. The molecule has 0 radical (unpaired) electrons. The minimum absolute atomic E-state index is 0.00672. The highest BCUT2D eigenvalue weighted by molar-refractivity contribution is 7.92. The van der Waals surface area contributed by atoms with E-state index in [1.165, 1.54) is 57.6 Å². The number of anilines is 1. The van der Waals surface area contributed by atoms with Crippen LogP contribution in [-0.4, -0.2) is 72.2 Å². The number of carbonyl (C=O) groups excluding carboxylic acids is 2. The summed E-state index contributed by atoms with van der Waals surface area (Å²) in [5.41, 5.74) is 0.573. The Hall–Kier alpha value is -3.87. The normalized spacial score (nSPS) is 14.1. The van der Waals surface area contributed by atoms with Crippen LogP contribution in [0.1, 0.15) is 44.6 Å². The number of carbonyl (C=O) groups is 2. The Labute approximate surface area is 292 Å². The summed E-state index contributed by atoms with van der Waals surface area (Å²) in [7, 11) is 1.17. The number of hydrogen-bond acceptors (Lipinski definition) is 8. The lowest BCUT2D eigenvalue weighted by Crippen LogP contribution is -2.53. The second-order valence-corrected chi connectivity index (χ2v) is 14.0. The average Bonchev–Trinajstić information content (AvgIpc) is 3.09. The van der Waals surface area contributed by atoms with Crippen molar-refractivity contribution in [3.63, 3.8) is 0 Å². The number of amides is 2. The van der Waals surface area contributed by atoms with E-state index >= 15 is 0 Å². The fraction of sp³-hybridized carbons (Fsp3) is 0.412. The molecule has 14 heteroatoms. The topological polar surface area (TPSA) is 124 Å². The molecule has 48 heavy (non-hydrogen) atoms. The maximum Gasteiger partial charge on any atom is 0.265 e. The number of sulfonamides is 1. The Morgan fingerprint density at radius 3 is 2.15 bits per heavy atom. The number of methoxy groups -OCH3 is 4. The number of nitrogens with zero attached hydrogens (tertiary/aromatic N) is 2. The van der Waals surface area contributed by atoms with Gasteiger partial charge in [-0.2, -0.15) is 0 Å². The van der Waals surface area contributed by atoms with Gasteiger partial charge in [0.15, 0.2) is 11.5 Å². The van der Waals surface area contributed by atoms with E-state index in [0.717, 1.165) is 36.4 Å². The lowest BCUT2D eigenvalue weighted by molar-refractivity contribution is -0.139. The first-order valence-corrected chi connectivity index (χ1v) is 17.6. The maximum atomic E-state index is 14.5. The number of ether oxygens (including phenoxy) is 4. The van der Waals surface area contributed by atoms with Gasteiger partial charge in [-0.1, -0.05) is 48.5 Å². The SMILES string of the molecule is COc1ccc(OC)c(N(CC(=O)N(Cc2ccc(Cl)cc2Cl)[C@H](C)C(=O)NC2CCCCC2)S(=O)(=O)c2ccc(OC)c(OC)c2)c1. The molecule has 0 heterocycles. The molecule has 0 unspecified atom stereocenters. The summed E-state index contributed by atoms with van der Waals surface area (Å²) in [6, 6.07) is 12.6. The van der Waals surface area contributed by atoms with Crippen LogP contribution < -0.4 is 28.6 Å². The van der Waals surface area contributed by atoms with E-state index in [2.05, 4.69) is 5.32 Å². The van der Waals surface area contributed by atoms with Crippen LogP contribution in [-0.2, 0) is 26.2 Å². The highest BCUT2D eigenvalue weighted by Gasteiger charge is 2.35. The first-order valence-electron chi connectivity index (χ1n) is 15.4. The van der Waals surface area contributed by atoms with E-state index in [0.29, 0.717) is 27.1 Å². The number of rotatable bonds is 14. The highest BCUT2D eigenvalue weighted by atomic mass is 35.5. The average molecular weight is 723 g/mol. The van der Waals surface area contributed by atoms with E-state index in [1.807, 2.05) is 0 Å². The zero-order valence-electron chi connectivity index (χ0n) is 27.6. The van der Waals surface area contributed by atoms with Crippen LogP contribution in [0.15, 0.2) is 59.5 Å². The molecule has 1 aliphatic rings. The first kappa shape index (κ1) is 37.0. The van der Waals surface area contributed by atoms with Gasteiger partial charge >= 0.3 is 0 Å². The Morgan fingerprint density at radius 2 is 1.52 bits per heavy atom. The third-order valence-corrected chi connectivity index (χ3v) is 10.7. The van der Waals surface area contributed by atoms with E-state index in [-0.39, 0.29) is 40.6 Å². The molecule has 1 aliphatic carbocycles. The summed E-state index contributed by atoms with van der Waals surface area (Å²) in [5, 5.41) is 3.78. The molecule has 3 aromatic carbocycles. The second-order valence-electron chi connectivity index (χ2n) is 11.3. The fourth-order valence-corrected chi connectivity index (χ4v) is 7.49. The summed E-state index contributed by atoms with van der Waals surface area (Å²) in [6.07, 6.45) is 4.83. The Morgan fingerprint density at radius 1 is 0.854 bits per heavy atom. The van der Waals surface area contributed by atoms with Crippen molar-refractivity contribution in [1.29, 1.82) is 0 Å². The summed E-state index contributed by atoms with van der Waals surface area (Å²) in [5.74, 6) is -0.0232. The molecule has 0 spiro atoms. The molecule has 11 nitrogen and oxygen atoms in total. The maximum absolute atomic E-state index is 14.5. The van der Waals surface area contributed by atoms with Gasteiger partial charge in [-0.15, -0.1) is 0 Å². The summed E-state index contributed by atoms with van der Waals surface area (Å²) < 4.78 is 51.5. The smallest absolute Gasteiger partial charge is 0.265 e. The van der Waals surface area contributed by atoms with Gasteiger partial charge in [-0.05, 0) is 61.7 Å². The Kier molecular flexibility index (Phi) is 12.7. The van der Waals surface area contributed by atoms with Gasteiger partial charge in [0, 0.05) is 34.8 Å². The van der Waals surface area contributed by atoms with Crippen molar-refractivity contribution in [2.75, 3.05) is 39.3 Å². The largest absolute Gasteiger partial charge is 0.497 e. The quantitative estimate of drug-likeness (QED) is 0.212. The molecule has 3 aromatic rings. The number of nitrogens with one attached hydrogen (secondary N) is 1. The van der Waals surface area contributed by atoms with Crippen molar-refractivity contribution in [3.05, 3.63) is 70.2 Å². The van der Waals surface area contributed by atoms with Gasteiger partial charge in [0.25, 0.3) is 10.0 Å². The number of halogens is 2. The lowest BCUT2D eigenvalue weighted by atomic mass is 9.95. The Bertz CT molecular complexity index is 1720. The third-order valence-electron chi connectivity index (χ3n) is 8.35. The zero-order valence-corrected chi connectivity index (χ0v) is 30.0. The molecule has 2 amide bonds. The standard InChI is InChI=1S/C34H41Cl2N3O8S/c1-22(34(41)37-25-9-7-6-8-10-25)38(20-23-11-12-24(35)17-28(23)36)33(40)21-39(29-18-26(44-2)13-15-30(29)45-3)48(42,43)27-14-16-31(46-4)32(19-27)47-5/h11-19,22,25H,6-10,20-21H2,1-5H3,(H,37,41)/t22-/m1/s1. The van der Waals surface area contributed by atoms with Crippen molar-refractivity contribution in [1.82, 2.24) is 10.2 Å². The van der Waals surface area contributed by atoms with Crippen LogP contribution in [0.4, 0.5) is 5.69 Å². The molecule has 0 aliphatic heterocycles. The Balaban J connectivity index is 1.80. The molecule has 260 valence electrons. The molecule has 1 fully saturated rings. The first-order chi connectivity index (χ1) is 22.9. The summed E-state index contributed by atoms with van der Waals surface area (Å²) in [4.78, 5) is 29.2. The van der Waals surface area contributed by atoms with Gasteiger partial charge in [0.2, 0.25) is 11.8 Å². The van der Waals surface area contributed by atoms with Crippen LogP contribution in [0.3, 0.4) is 0 Å². The minimum Gasteiger partial charge on any atom is -0.497 e. The van der Waals surface area contributed by atoms with E-state index < -0.39 is 28.5 Å². The van der Waals surface area contributed by atoms with Crippen molar-refractivity contribution < 1.29 is 37.0 Å². The van der Waals surface area contributed by atoms with E-state index in [4.69, 9.17) is 42.1 Å². The second kappa shape index (κ2) is 16.5. The highest BCUT2D eigenvalue weighted by Crippen LogP contribution is 2.38. The van der Waals surface area contributed by atoms with Crippen LogP contribution in [0, 0.1) is 0 Å². The third kappa shape index (κ3) is 8.58. The molecular formula is C34H41Cl2N3O8S. The molecular weight excluding hydrogens is 681 g/mol. The fourth-order valence-electron chi connectivity index (χ4n) is 5.59. The van der Waals surface area contributed by atoms with Crippen LogP contribution in [0.25, 0.3) is 0 Å². The molecule has 0 bridgehead atoms. The van der Waals surface area contributed by atoms with Crippen molar-refractivity contribution in [2.24, 2.45) is 0 Å². The number of hydrogen-bond donors (Lipinski definition) is 1. The molecule has 1 atom stereocenters. The summed E-state index contributed by atoms with van der Waals surface area (Å²) >= 11 is 12.7. The lowest BCUT2D eigenvalue weighted by Gasteiger charge is -2.33. The van der Waals surface area contributed by atoms with Crippen LogP contribution in [0.5, 0.6) is 23.0 Å². The van der Waals surface area contributed by atoms with E-state index in [9.17, 15) is 18.0 Å².